The van der Waals surface area contributed by atoms with Crippen molar-refractivity contribution in [3.05, 3.63) is 52.7 Å². The van der Waals surface area contributed by atoms with Crippen LogP contribution >= 0.6 is 11.3 Å². The minimum absolute atomic E-state index is 0.0449. The van der Waals surface area contributed by atoms with Crippen LogP contribution in [0.3, 0.4) is 0 Å². The molecule has 0 aliphatic rings. The second-order valence-corrected chi connectivity index (χ2v) is 4.07. The molecular weight excluding hydrogens is 206 g/mol. The van der Waals surface area contributed by atoms with Crippen molar-refractivity contribution in [1.29, 1.82) is 0 Å². The first-order valence-electron chi connectivity index (χ1n) is 4.82. The lowest BCUT2D eigenvalue weighted by Crippen LogP contribution is -2.18. The molecule has 2 N–H and O–H groups in total. The van der Waals surface area contributed by atoms with Crippen LogP contribution in [0.1, 0.15) is 11.6 Å². The lowest BCUT2D eigenvalue weighted by atomic mass is 10.2. The molecule has 2 aromatic rings. The molecule has 0 amide bonds. The van der Waals surface area contributed by atoms with Crippen molar-refractivity contribution >= 4 is 11.3 Å². The summed E-state index contributed by atoms with van der Waals surface area (Å²) in [6.07, 6.45) is 0. The highest BCUT2D eigenvalue weighted by atomic mass is 32.1. The number of para-hydroxylation sites is 1. The summed E-state index contributed by atoms with van der Waals surface area (Å²) in [6.45, 7) is 0.515. The molecule has 0 fully saturated rings. The fraction of sp³-hybridized carbons (Fsp3) is 0.167. The first-order chi connectivity index (χ1) is 7.36. The molecule has 2 rings (SSSR count). The molecule has 3 heteroatoms. The van der Waals surface area contributed by atoms with Gasteiger partial charge < -0.3 is 10.5 Å². The van der Waals surface area contributed by atoms with Gasteiger partial charge in [-0.2, -0.15) is 11.3 Å². The van der Waals surface area contributed by atoms with Crippen LogP contribution in [0.2, 0.25) is 0 Å². The zero-order valence-corrected chi connectivity index (χ0v) is 9.11. The smallest absolute Gasteiger partial charge is 0.119 e. The summed E-state index contributed by atoms with van der Waals surface area (Å²) in [7, 11) is 0. The molecule has 0 saturated carbocycles. The average molecular weight is 219 g/mol. The van der Waals surface area contributed by atoms with E-state index >= 15 is 0 Å². The lowest BCUT2D eigenvalue weighted by Gasteiger charge is -2.11. The number of rotatable bonds is 4. The lowest BCUT2D eigenvalue weighted by molar-refractivity contribution is 0.291. The van der Waals surface area contributed by atoms with Gasteiger partial charge in [0.05, 0.1) is 6.04 Å². The van der Waals surface area contributed by atoms with Gasteiger partial charge in [-0.05, 0) is 34.5 Å². The first-order valence-corrected chi connectivity index (χ1v) is 5.76. The molecule has 2 nitrogen and oxygen atoms in total. The van der Waals surface area contributed by atoms with Gasteiger partial charge in [-0.25, -0.2) is 0 Å². The van der Waals surface area contributed by atoms with Gasteiger partial charge in [0.15, 0.2) is 0 Å². The Bertz CT molecular complexity index is 385. The summed E-state index contributed by atoms with van der Waals surface area (Å²) in [6, 6.07) is 11.7. The van der Waals surface area contributed by atoms with Crippen molar-refractivity contribution < 1.29 is 4.74 Å². The number of ether oxygens (including phenoxy) is 1. The Morgan fingerprint density at radius 2 is 2.00 bits per heavy atom. The van der Waals surface area contributed by atoms with Crippen molar-refractivity contribution in [3.63, 3.8) is 0 Å². The maximum absolute atomic E-state index is 5.97. The van der Waals surface area contributed by atoms with Crippen molar-refractivity contribution in [2.45, 2.75) is 6.04 Å². The van der Waals surface area contributed by atoms with Crippen LogP contribution in [0.25, 0.3) is 0 Å². The van der Waals surface area contributed by atoms with Gasteiger partial charge in [-0.1, -0.05) is 18.2 Å². The Kier molecular flexibility index (Phi) is 3.37. The summed E-state index contributed by atoms with van der Waals surface area (Å²) < 4.78 is 5.57. The fourth-order valence-electron chi connectivity index (χ4n) is 1.28. The van der Waals surface area contributed by atoms with Gasteiger partial charge in [0, 0.05) is 0 Å². The van der Waals surface area contributed by atoms with E-state index in [4.69, 9.17) is 10.5 Å². The van der Waals surface area contributed by atoms with Crippen LogP contribution < -0.4 is 10.5 Å². The average Bonchev–Trinajstić information content (AvgIpc) is 2.81. The number of hydrogen-bond acceptors (Lipinski definition) is 3. The number of benzene rings is 1. The summed E-state index contributed by atoms with van der Waals surface area (Å²) >= 11 is 1.65. The van der Waals surface area contributed by atoms with Gasteiger partial charge in [-0.15, -0.1) is 0 Å². The molecule has 0 radical (unpaired) electrons. The molecule has 0 bridgehead atoms. The molecule has 78 valence electrons. The van der Waals surface area contributed by atoms with Gasteiger partial charge in [-0.3, -0.25) is 0 Å². The van der Waals surface area contributed by atoms with E-state index in [1.165, 1.54) is 0 Å². The normalized spacial score (nSPS) is 12.3. The van der Waals surface area contributed by atoms with Crippen molar-refractivity contribution in [2.75, 3.05) is 6.61 Å². The van der Waals surface area contributed by atoms with Gasteiger partial charge in [0.2, 0.25) is 0 Å². The number of nitrogens with two attached hydrogens (primary N) is 1. The van der Waals surface area contributed by atoms with E-state index in [1.807, 2.05) is 41.8 Å². The van der Waals surface area contributed by atoms with Gasteiger partial charge in [0.1, 0.15) is 12.4 Å². The van der Waals surface area contributed by atoms with E-state index < -0.39 is 0 Å². The predicted molar refractivity (Wildman–Crippen MR) is 63.2 cm³/mol. The Morgan fingerprint density at radius 3 is 2.67 bits per heavy atom. The quantitative estimate of drug-likeness (QED) is 0.858. The maximum atomic E-state index is 5.97. The highest BCUT2D eigenvalue weighted by Gasteiger charge is 2.06. The van der Waals surface area contributed by atoms with E-state index in [0.29, 0.717) is 6.61 Å². The van der Waals surface area contributed by atoms with Crippen LogP contribution in [0.5, 0.6) is 5.75 Å². The van der Waals surface area contributed by atoms with Crippen molar-refractivity contribution in [2.24, 2.45) is 5.73 Å². The molecule has 0 aliphatic carbocycles. The molecule has 1 aromatic carbocycles. The molecule has 0 spiro atoms. The highest BCUT2D eigenvalue weighted by Crippen LogP contribution is 2.16. The summed E-state index contributed by atoms with van der Waals surface area (Å²) in [5.41, 5.74) is 7.10. The third-order valence-electron chi connectivity index (χ3n) is 2.14. The van der Waals surface area contributed by atoms with Crippen LogP contribution in [-0.2, 0) is 0 Å². The highest BCUT2D eigenvalue weighted by molar-refractivity contribution is 7.07. The molecule has 15 heavy (non-hydrogen) atoms. The SMILES string of the molecule is NC(COc1ccccc1)c1ccsc1. The van der Waals surface area contributed by atoms with E-state index in [2.05, 4.69) is 5.38 Å². The summed E-state index contributed by atoms with van der Waals surface area (Å²) in [5, 5.41) is 4.08. The Balaban J connectivity index is 1.89. The van der Waals surface area contributed by atoms with E-state index in [9.17, 15) is 0 Å². The van der Waals surface area contributed by atoms with Gasteiger partial charge >= 0.3 is 0 Å². The number of hydrogen-bond donors (Lipinski definition) is 1. The minimum Gasteiger partial charge on any atom is -0.492 e. The fourth-order valence-corrected chi connectivity index (χ4v) is 2.01. The monoisotopic (exact) mass is 219 g/mol. The van der Waals surface area contributed by atoms with Crippen LogP contribution in [0.4, 0.5) is 0 Å². The largest absolute Gasteiger partial charge is 0.492 e. The second kappa shape index (κ2) is 4.96. The van der Waals surface area contributed by atoms with Gasteiger partial charge in [0.25, 0.3) is 0 Å². The molecule has 1 aromatic heterocycles. The van der Waals surface area contributed by atoms with E-state index in [1.54, 1.807) is 11.3 Å². The van der Waals surface area contributed by atoms with Crippen LogP contribution in [-0.4, -0.2) is 6.61 Å². The molecule has 0 aliphatic heterocycles. The van der Waals surface area contributed by atoms with Crippen molar-refractivity contribution in [1.82, 2.24) is 0 Å². The van der Waals surface area contributed by atoms with E-state index in [0.717, 1.165) is 11.3 Å². The Hall–Kier alpha value is -1.32. The zero-order valence-electron chi connectivity index (χ0n) is 8.30. The number of thiophene rings is 1. The third kappa shape index (κ3) is 2.81. The standard InChI is InChI=1S/C12H13NOS/c13-12(10-6-7-15-9-10)8-14-11-4-2-1-3-5-11/h1-7,9,12H,8,13H2. The van der Waals surface area contributed by atoms with Crippen LogP contribution in [0.15, 0.2) is 47.2 Å². The molecular formula is C12H13NOS. The Morgan fingerprint density at radius 1 is 1.20 bits per heavy atom. The van der Waals surface area contributed by atoms with Crippen LogP contribution in [0, 0.1) is 0 Å². The minimum atomic E-state index is -0.0449. The maximum Gasteiger partial charge on any atom is 0.119 e. The topological polar surface area (TPSA) is 35.2 Å². The molecule has 1 atom stereocenters. The molecule has 1 unspecified atom stereocenters. The van der Waals surface area contributed by atoms with Crippen molar-refractivity contribution in [3.8, 4) is 5.75 Å². The van der Waals surface area contributed by atoms with E-state index in [-0.39, 0.29) is 6.04 Å². The molecule has 0 saturated heterocycles. The Labute approximate surface area is 93.3 Å². The third-order valence-corrected chi connectivity index (χ3v) is 2.85. The summed E-state index contributed by atoms with van der Waals surface area (Å²) in [5.74, 6) is 0.864. The predicted octanol–water partition coefficient (Wildman–Crippen LogP) is 2.83. The molecule has 1 heterocycles. The second-order valence-electron chi connectivity index (χ2n) is 3.29. The first kappa shape index (κ1) is 10.2. The zero-order chi connectivity index (χ0) is 10.5. The summed E-state index contributed by atoms with van der Waals surface area (Å²) in [4.78, 5) is 0.